The van der Waals surface area contributed by atoms with Gasteiger partial charge in [0.2, 0.25) is 5.91 Å². The van der Waals surface area contributed by atoms with Crippen LogP contribution in [0.3, 0.4) is 0 Å². The standard InChI is InChI=1S/C21H25FN4O3S/c1-13(27)24-17-11-15(7-8-16(17)22)25-21(29)20(28)23-12-14-5-3-9-26(2)19(14)18-6-4-10-30-18/h4,6-8,10-11,14,19H,3,5,9,12H2,1-2H3,(H,23,28)(H,24,27)(H,25,29). The first kappa shape index (κ1) is 21.9. The Morgan fingerprint density at radius 3 is 2.70 bits per heavy atom. The monoisotopic (exact) mass is 432 g/mol. The molecule has 160 valence electrons. The van der Waals surface area contributed by atoms with Gasteiger partial charge in [-0.3, -0.25) is 19.3 Å². The van der Waals surface area contributed by atoms with Crippen molar-refractivity contribution in [2.75, 3.05) is 30.8 Å². The van der Waals surface area contributed by atoms with Crippen molar-refractivity contribution < 1.29 is 18.8 Å². The highest BCUT2D eigenvalue weighted by atomic mass is 32.1. The zero-order valence-corrected chi connectivity index (χ0v) is 17.7. The van der Waals surface area contributed by atoms with Crippen molar-refractivity contribution in [1.29, 1.82) is 0 Å². The average Bonchev–Trinajstić information content (AvgIpc) is 3.22. The maximum atomic E-state index is 13.7. The third-order valence-corrected chi connectivity index (χ3v) is 6.05. The van der Waals surface area contributed by atoms with Crippen LogP contribution in [0.15, 0.2) is 35.7 Å². The molecule has 1 aromatic heterocycles. The summed E-state index contributed by atoms with van der Waals surface area (Å²) in [5.74, 6) is -2.45. The molecular formula is C21H25FN4O3S. The number of nitrogens with one attached hydrogen (secondary N) is 3. The van der Waals surface area contributed by atoms with E-state index in [9.17, 15) is 18.8 Å². The Morgan fingerprint density at radius 1 is 1.20 bits per heavy atom. The van der Waals surface area contributed by atoms with Crippen LogP contribution in [0.2, 0.25) is 0 Å². The minimum absolute atomic E-state index is 0.0651. The van der Waals surface area contributed by atoms with E-state index in [0.717, 1.165) is 25.5 Å². The van der Waals surface area contributed by atoms with E-state index < -0.39 is 23.5 Å². The first-order chi connectivity index (χ1) is 14.3. The highest BCUT2D eigenvalue weighted by molar-refractivity contribution is 7.10. The summed E-state index contributed by atoms with van der Waals surface area (Å²) in [6, 6.07) is 8.03. The number of nitrogens with zero attached hydrogens (tertiary/aromatic N) is 1. The minimum atomic E-state index is -0.841. The second kappa shape index (κ2) is 9.82. The van der Waals surface area contributed by atoms with Gasteiger partial charge in [0.1, 0.15) is 5.82 Å². The Morgan fingerprint density at radius 2 is 2.00 bits per heavy atom. The molecule has 1 saturated heterocycles. The van der Waals surface area contributed by atoms with E-state index >= 15 is 0 Å². The number of carbonyl (C=O) groups excluding carboxylic acids is 3. The van der Waals surface area contributed by atoms with E-state index in [-0.39, 0.29) is 23.3 Å². The summed E-state index contributed by atoms with van der Waals surface area (Å²) in [5.41, 5.74) is 0.152. The molecule has 0 aliphatic carbocycles. The molecule has 3 amide bonds. The van der Waals surface area contributed by atoms with Crippen LogP contribution in [0.1, 0.15) is 30.7 Å². The number of likely N-dealkylation sites (tertiary alicyclic amines) is 1. The lowest BCUT2D eigenvalue weighted by molar-refractivity contribution is -0.136. The molecule has 0 bridgehead atoms. The molecule has 1 fully saturated rings. The van der Waals surface area contributed by atoms with E-state index in [1.807, 2.05) is 11.4 Å². The smallest absolute Gasteiger partial charge is 0.313 e. The first-order valence-electron chi connectivity index (χ1n) is 9.75. The molecule has 1 aliphatic heterocycles. The molecule has 2 unspecified atom stereocenters. The summed E-state index contributed by atoms with van der Waals surface area (Å²) in [6.07, 6.45) is 2.00. The molecule has 1 aromatic carbocycles. The third-order valence-electron chi connectivity index (χ3n) is 5.11. The summed E-state index contributed by atoms with van der Waals surface area (Å²) in [7, 11) is 2.08. The van der Waals surface area contributed by atoms with Crippen molar-refractivity contribution in [2.45, 2.75) is 25.8 Å². The lowest BCUT2D eigenvalue weighted by atomic mass is 9.88. The van der Waals surface area contributed by atoms with E-state index in [1.165, 1.54) is 23.9 Å². The van der Waals surface area contributed by atoms with Crippen LogP contribution in [-0.2, 0) is 14.4 Å². The topological polar surface area (TPSA) is 90.5 Å². The van der Waals surface area contributed by atoms with Crippen LogP contribution in [0.4, 0.5) is 15.8 Å². The predicted octanol–water partition coefficient (Wildman–Crippen LogP) is 2.98. The van der Waals surface area contributed by atoms with E-state index in [4.69, 9.17) is 0 Å². The lowest BCUT2D eigenvalue weighted by Gasteiger charge is -2.38. The second-order valence-electron chi connectivity index (χ2n) is 7.38. The van der Waals surface area contributed by atoms with Gasteiger partial charge in [0, 0.05) is 30.1 Å². The molecule has 0 radical (unpaired) electrons. The van der Waals surface area contributed by atoms with Crippen molar-refractivity contribution >= 4 is 40.4 Å². The molecule has 9 heteroatoms. The summed E-state index contributed by atoms with van der Waals surface area (Å²) < 4.78 is 13.7. The summed E-state index contributed by atoms with van der Waals surface area (Å²) in [4.78, 5) is 39.3. The van der Waals surface area contributed by atoms with Gasteiger partial charge in [0.05, 0.1) is 5.69 Å². The van der Waals surface area contributed by atoms with Gasteiger partial charge >= 0.3 is 11.8 Å². The van der Waals surface area contributed by atoms with Crippen LogP contribution in [0.5, 0.6) is 0 Å². The number of hydrogen-bond acceptors (Lipinski definition) is 5. The Kier molecular flexibility index (Phi) is 7.17. The zero-order chi connectivity index (χ0) is 21.7. The molecule has 2 atom stereocenters. The van der Waals surface area contributed by atoms with Crippen LogP contribution in [0.25, 0.3) is 0 Å². The largest absolute Gasteiger partial charge is 0.347 e. The van der Waals surface area contributed by atoms with Crippen molar-refractivity contribution in [2.24, 2.45) is 5.92 Å². The normalized spacial score (nSPS) is 19.2. The number of halogens is 1. The van der Waals surface area contributed by atoms with Crippen molar-refractivity contribution in [3.8, 4) is 0 Å². The summed E-state index contributed by atoms with van der Waals surface area (Å²) in [5, 5.41) is 9.54. The third kappa shape index (κ3) is 5.43. The highest BCUT2D eigenvalue weighted by Gasteiger charge is 2.31. The van der Waals surface area contributed by atoms with E-state index in [0.29, 0.717) is 6.54 Å². The Hall–Kier alpha value is -2.78. The number of carbonyl (C=O) groups is 3. The molecule has 3 N–H and O–H groups in total. The van der Waals surface area contributed by atoms with Gasteiger partial charge in [-0.25, -0.2) is 4.39 Å². The average molecular weight is 433 g/mol. The predicted molar refractivity (Wildman–Crippen MR) is 115 cm³/mol. The Labute approximate surface area is 178 Å². The van der Waals surface area contributed by atoms with E-state index in [1.54, 1.807) is 11.3 Å². The molecule has 0 saturated carbocycles. The van der Waals surface area contributed by atoms with Crippen molar-refractivity contribution in [3.63, 3.8) is 0 Å². The Balaban J connectivity index is 1.59. The molecule has 30 heavy (non-hydrogen) atoms. The number of rotatable bonds is 5. The molecular weight excluding hydrogens is 407 g/mol. The summed E-state index contributed by atoms with van der Waals surface area (Å²) >= 11 is 1.69. The maximum absolute atomic E-state index is 13.7. The van der Waals surface area contributed by atoms with Gasteiger partial charge in [0.25, 0.3) is 0 Å². The van der Waals surface area contributed by atoms with Crippen LogP contribution in [-0.4, -0.2) is 42.8 Å². The first-order valence-corrected chi connectivity index (χ1v) is 10.6. The number of hydrogen-bond donors (Lipinski definition) is 3. The molecule has 7 nitrogen and oxygen atoms in total. The van der Waals surface area contributed by atoms with Crippen LogP contribution in [0, 0.1) is 11.7 Å². The molecule has 1 aliphatic rings. The lowest BCUT2D eigenvalue weighted by Crippen LogP contribution is -2.44. The number of benzene rings is 1. The summed E-state index contributed by atoms with van der Waals surface area (Å²) in [6.45, 7) is 2.64. The van der Waals surface area contributed by atoms with Gasteiger partial charge in [-0.1, -0.05) is 6.07 Å². The highest BCUT2D eigenvalue weighted by Crippen LogP contribution is 2.36. The van der Waals surface area contributed by atoms with Gasteiger partial charge in [-0.05, 0) is 62.0 Å². The fourth-order valence-electron chi connectivity index (χ4n) is 3.76. The van der Waals surface area contributed by atoms with Crippen LogP contribution < -0.4 is 16.0 Å². The second-order valence-corrected chi connectivity index (χ2v) is 8.36. The number of piperidine rings is 1. The Bertz CT molecular complexity index is 919. The van der Waals surface area contributed by atoms with E-state index in [2.05, 4.69) is 34.0 Å². The molecule has 0 spiro atoms. The quantitative estimate of drug-likeness (QED) is 0.634. The minimum Gasteiger partial charge on any atom is -0.347 e. The number of anilines is 2. The van der Waals surface area contributed by atoms with Gasteiger partial charge < -0.3 is 16.0 Å². The van der Waals surface area contributed by atoms with Gasteiger partial charge in [-0.2, -0.15) is 0 Å². The van der Waals surface area contributed by atoms with Crippen molar-refractivity contribution in [3.05, 3.63) is 46.4 Å². The fraction of sp³-hybridized carbons (Fsp3) is 0.381. The molecule has 2 aromatic rings. The SMILES string of the molecule is CC(=O)Nc1cc(NC(=O)C(=O)NCC2CCCN(C)C2c2cccs2)ccc1F. The number of thiophene rings is 1. The van der Waals surface area contributed by atoms with Gasteiger partial charge in [-0.15, -0.1) is 11.3 Å². The maximum Gasteiger partial charge on any atom is 0.313 e. The van der Waals surface area contributed by atoms with Crippen LogP contribution >= 0.6 is 11.3 Å². The fourth-order valence-corrected chi connectivity index (χ4v) is 4.75. The molecule has 2 heterocycles. The zero-order valence-electron chi connectivity index (χ0n) is 16.9. The number of amides is 3. The van der Waals surface area contributed by atoms with Crippen molar-refractivity contribution in [1.82, 2.24) is 10.2 Å². The van der Waals surface area contributed by atoms with Gasteiger partial charge in [0.15, 0.2) is 0 Å². The molecule has 3 rings (SSSR count).